The van der Waals surface area contributed by atoms with Crippen LogP contribution in [0.25, 0.3) is 0 Å². The van der Waals surface area contributed by atoms with Crippen LogP contribution in [-0.2, 0) is 11.3 Å². The molecule has 18 heavy (non-hydrogen) atoms. The quantitative estimate of drug-likeness (QED) is 0.722. The molecule has 0 aliphatic carbocycles. The first-order valence-electron chi connectivity index (χ1n) is 6.27. The largest absolute Gasteiger partial charge is 0.377 e. The summed E-state index contributed by atoms with van der Waals surface area (Å²) in [7, 11) is 1.63. The number of carbonyl (C=O) groups is 1. The van der Waals surface area contributed by atoms with E-state index in [1.807, 2.05) is 38.1 Å². The zero-order chi connectivity index (χ0) is 13.4. The monoisotopic (exact) mass is 250 g/mol. The lowest BCUT2D eigenvalue weighted by Crippen LogP contribution is -2.21. The molecular weight excluding hydrogens is 228 g/mol. The molecule has 4 nitrogen and oxygen atoms in total. The molecule has 1 rings (SSSR count). The van der Waals surface area contributed by atoms with Gasteiger partial charge < -0.3 is 15.4 Å². The maximum Gasteiger partial charge on any atom is 0.251 e. The van der Waals surface area contributed by atoms with Crippen molar-refractivity contribution in [1.82, 2.24) is 10.6 Å². The molecule has 0 unspecified atom stereocenters. The highest BCUT2D eigenvalue weighted by atomic mass is 16.5. The van der Waals surface area contributed by atoms with Crippen molar-refractivity contribution in [2.24, 2.45) is 0 Å². The van der Waals surface area contributed by atoms with Gasteiger partial charge in [-0.25, -0.2) is 0 Å². The van der Waals surface area contributed by atoms with E-state index in [1.165, 1.54) is 0 Å². The molecule has 1 aromatic carbocycles. The average molecular weight is 250 g/mol. The van der Waals surface area contributed by atoms with Crippen LogP contribution in [0.3, 0.4) is 0 Å². The first-order valence-corrected chi connectivity index (χ1v) is 6.27. The Morgan fingerprint density at radius 3 is 2.50 bits per heavy atom. The van der Waals surface area contributed by atoms with Crippen LogP contribution >= 0.6 is 0 Å². The minimum atomic E-state index is -0.0557. The van der Waals surface area contributed by atoms with Gasteiger partial charge in [0.25, 0.3) is 5.91 Å². The number of rotatable bonds is 7. The molecule has 0 aliphatic heterocycles. The van der Waals surface area contributed by atoms with Crippen molar-refractivity contribution in [3.63, 3.8) is 0 Å². The first-order chi connectivity index (χ1) is 8.63. The highest BCUT2D eigenvalue weighted by Crippen LogP contribution is 2.04. The summed E-state index contributed by atoms with van der Waals surface area (Å²) in [5.74, 6) is -0.0557. The Kier molecular flexibility index (Phi) is 6.39. The van der Waals surface area contributed by atoms with Gasteiger partial charge >= 0.3 is 0 Å². The summed E-state index contributed by atoms with van der Waals surface area (Å²) in [6.45, 7) is 6.38. The van der Waals surface area contributed by atoms with Crippen LogP contribution in [0.2, 0.25) is 0 Å². The molecule has 2 N–H and O–H groups in total. The van der Waals surface area contributed by atoms with Crippen molar-refractivity contribution < 1.29 is 9.53 Å². The molecule has 100 valence electrons. The van der Waals surface area contributed by atoms with E-state index < -0.39 is 0 Å². The Hall–Kier alpha value is -1.39. The van der Waals surface area contributed by atoms with E-state index in [2.05, 4.69) is 10.6 Å². The molecule has 0 aromatic heterocycles. The van der Waals surface area contributed by atoms with Gasteiger partial charge in [-0.15, -0.1) is 0 Å². The molecule has 0 saturated carbocycles. The molecular formula is C14H22N2O2. The van der Waals surface area contributed by atoms with Crippen molar-refractivity contribution in [3.8, 4) is 0 Å². The Morgan fingerprint density at radius 1 is 1.28 bits per heavy atom. The zero-order valence-electron chi connectivity index (χ0n) is 11.3. The lowest BCUT2D eigenvalue weighted by molar-refractivity contribution is 0.0807. The summed E-state index contributed by atoms with van der Waals surface area (Å²) in [4.78, 5) is 11.3. The number of carbonyl (C=O) groups excluding carboxylic acids is 1. The Morgan fingerprint density at radius 2 is 1.94 bits per heavy atom. The van der Waals surface area contributed by atoms with E-state index in [4.69, 9.17) is 4.74 Å². The molecule has 0 spiro atoms. The minimum absolute atomic E-state index is 0.0557. The van der Waals surface area contributed by atoms with Crippen molar-refractivity contribution in [3.05, 3.63) is 35.4 Å². The van der Waals surface area contributed by atoms with Gasteiger partial charge in [-0.1, -0.05) is 12.1 Å². The van der Waals surface area contributed by atoms with Gasteiger partial charge in [-0.3, -0.25) is 4.79 Å². The Bertz CT molecular complexity index is 361. The van der Waals surface area contributed by atoms with E-state index in [9.17, 15) is 4.79 Å². The van der Waals surface area contributed by atoms with Crippen LogP contribution < -0.4 is 10.6 Å². The van der Waals surface area contributed by atoms with Crippen LogP contribution in [0.1, 0.15) is 29.8 Å². The van der Waals surface area contributed by atoms with Crippen LogP contribution in [-0.4, -0.2) is 32.2 Å². The van der Waals surface area contributed by atoms with Crippen molar-refractivity contribution in [1.29, 1.82) is 0 Å². The fourth-order valence-corrected chi connectivity index (χ4v) is 1.52. The second kappa shape index (κ2) is 7.84. The highest BCUT2D eigenvalue weighted by Gasteiger charge is 2.01. The molecule has 4 heteroatoms. The van der Waals surface area contributed by atoms with E-state index in [0.717, 1.165) is 18.7 Å². The third kappa shape index (κ3) is 5.29. The predicted molar refractivity (Wildman–Crippen MR) is 72.6 cm³/mol. The van der Waals surface area contributed by atoms with Gasteiger partial charge in [-0.05, 0) is 31.5 Å². The summed E-state index contributed by atoms with van der Waals surface area (Å²) >= 11 is 0. The lowest BCUT2D eigenvalue weighted by Gasteiger charge is -2.09. The van der Waals surface area contributed by atoms with Crippen molar-refractivity contribution in [2.75, 3.05) is 20.2 Å². The number of amides is 1. The Balaban J connectivity index is 2.29. The first kappa shape index (κ1) is 14.7. The molecule has 0 aliphatic rings. The van der Waals surface area contributed by atoms with Crippen LogP contribution in [0.15, 0.2) is 24.3 Å². The fourth-order valence-electron chi connectivity index (χ4n) is 1.52. The lowest BCUT2D eigenvalue weighted by atomic mass is 10.1. The minimum Gasteiger partial charge on any atom is -0.377 e. The smallest absolute Gasteiger partial charge is 0.251 e. The zero-order valence-corrected chi connectivity index (χ0v) is 11.3. The molecule has 1 aromatic rings. The van der Waals surface area contributed by atoms with Gasteiger partial charge in [0, 0.05) is 25.7 Å². The fraction of sp³-hybridized carbons (Fsp3) is 0.500. The van der Waals surface area contributed by atoms with E-state index in [1.54, 1.807) is 7.05 Å². The number of hydrogen-bond acceptors (Lipinski definition) is 3. The van der Waals surface area contributed by atoms with Crippen molar-refractivity contribution in [2.45, 2.75) is 26.5 Å². The number of hydrogen-bond donors (Lipinski definition) is 2. The molecule has 0 radical (unpaired) electrons. The van der Waals surface area contributed by atoms with Crippen LogP contribution in [0.4, 0.5) is 0 Å². The Labute approximate surface area is 109 Å². The van der Waals surface area contributed by atoms with Gasteiger partial charge in [0.1, 0.15) is 0 Å². The summed E-state index contributed by atoms with van der Waals surface area (Å²) in [5, 5.41) is 5.89. The second-order valence-corrected chi connectivity index (χ2v) is 4.37. The van der Waals surface area contributed by atoms with Gasteiger partial charge in [-0.2, -0.15) is 0 Å². The molecule has 0 fully saturated rings. The maximum absolute atomic E-state index is 11.3. The van der Waals surface area contributed by atoms with E-state index in [-0.39, 0.29) is 12.0 Å². The van der Waals surface area contributed by atoms with Crippen LogP contribution in [0.5, 0.6) is 0 Å². The summed E-state index contributed by atoms with van der Waals surface area (Å²) in [5.41, 5.74) is 1.84. The van der Waals surface area contributed by atoms with Crippen LogP contribution in [0, 0.1) is 0 Å². The normalized spacial score (nSPS) is 10.7. The van der Waals surface area contributed by atoms with Gasteiger partial charge in [0.2, 0.25) is 0 Å². The summed E-state index contributed by atoms with van der Waals surface area (Å²) in [6, 6.07) is 7.59. The third-order valence-electron chi connectivity index (χ3n) is 2.50. The van der Waals surface area contributed by atoms with Crippen molar-refractivity contribution >= 4 is 5.91 Å². The molecule has 0 atom stereocenters. The SMILES string of the molecule is CNC(=O)c1ccc(CNCCOC(C)C)cc1. The molecule has 0 saturated heterocycles. The third-order valence-corrected chi connectivity index (χ3v) is 2.50. The standard InChI is InChI=1S/C14H22N2O2/c1-11(2)18-9-8-16-10-12-4-6-13(7-5-12)14(17)15-3/h4-7,11,16H,8-10H2,1-3H3,(H,15,17). The van der Waals surface area contributed by atoms with E-state index in [0.29, 0.717) is 12.2 Å². The summed E-state index contributed by atoms with van der Waals surface area (Å²) in [6.07, 6.45) is 0.277. The number of nitrogens with one attached hydrogen (secondary N) is 2. The summed E-state index contributed by atoms with van der Waals surface area (Å²) < 4.78 is 5.43. The van der Waals surface area contributed by atoms with Gasteiger partial charge in [0.05, 0.1) is 12.7 Å². The highest BCUT2D eigenvalue weighted by molar-refractivity contribution is 5.93. The molecule has 0 bridgehead atoms. The topological polar surface area (TPSA) is 50.4 Å². The maximum atomic E-state index is 11.3. The number of ether oxygens (including phenoxy) is 1. The van der Waals surface area contributed by atoms with E-state index >= 15 is 0 Å². The second-order valence-electron chi connectivity index (χ2n) is 4.37. The molecule has 0 heterocycles. The molecule has 1 amide bonds. The number of benzene rings is 1. The predicted octanol–water partition coefficient (Wildman–Crippen LogP) is 1.56. The van der Waals surface area contributed by atoms with Gasteiger partial charge in [0.15, 0.2) is 0 Å². The average Bonchev–Trinajstić information content (AvgIpc) is 2.38.